The van der Waals surface area contributed by atoms with E-state index in [9.17, 15) is 14.9 Å². The van der Waals surface area contributed by atoms with E-state index in [1.54, 1.807) is 12.1 Å². The largest absolute Gasteiger partial charge is 0.446 e. The SMILES string of the molecule is CC(O[N+](=O)[O-])c1ccc(C(=O)OCCl)cc1. The minimum Gasteiger partial charge on any atom is -0.446 e. The Balaban J connectivity index is 2.73. The van der Waals surface area contributed by atoms with Crippen molar-refractivity contribution in [3.63, 3.8) is 0 Å². The summed E-state index contributed by atoms with van der Waals surface area (Å²) in [6.45, 7) is 1.54. The van der Waals surface area contributed by atoms with Crippen molar-refractivity contribution in [2.24, 2.45) is 0 Å². The van der Waals surface area contributed by atoms with Crippen molar-refractivity contribution in [3.8, 4) is 0 Å². The van der Waals surface area contributed by atoms with Gasteiger partial charge in [-0.15, -0.1) is 10.1 Å². The molecule has 0 aliphatic heterocycles. The zero-order valence-corrected chi connectivity index (χ0v) is 9.72. The molecule has 0 saturated heterocycles. The molecule has 1 unspecified atom stereocenters. The van der Waals surface area contributed by atoms with Crippen LogP contribution in [-0.4, -0.2) is 17.1 Å². The maximum Gasteiger partial charge on any atom is 0.339 e. The standard InChI is InChI=1S/C10H10ClNO5/c1-7(17-12(14)15)8-2-4-9(5-3-8)10(13)16-6-11/h2-5,7H,6H2,1H3. The molecule has 1 aromatic carbocycles. The minimum absolute atomic E-state index is 0.221. The highest BCUT2D eigenvalue weighted by Gasteiger charge is 2.11. The Labute approximate surface area is 102 Å². The summed E-state index contributed by atoms with van der Waals surface area (Å²) < 4.78 is 4.58. The van der Waals surface area contributed by atoms with E-state index in [0.717, 1.165) is 0 Å². The summed E-state index contributed by atoms with van der Waals surface area (Å²) >= 11 is 5.25. The van der Waals surface area contributed by atoms with Gasteiger partial charge in [0.2, 0.25) is 0 Å². The Morgan fingerprint density at radius 3 is 2.53 bits per heavy atom. The number of esters is 1. The first-order valence-corrected chi connectivity index (χ1v) is 5.22. The fraction of sp³-hybridized carbons (Fsp3) is 0.300. The number of nitrogens with zero attached hydrogens (tertiary/aromatic N) is 1. The molecule has 0 radical (unpaired) electrons. The van der Waals surface area contributed by atoms with Gasteiger partial charge in [0, 0.05) is 0 Å². The van der Waals surface area contributed by atoms with E-state index in [1.807, 2.05) is 0 Å². The molecule has 0 aliphatic rings. The number of ether oxygens (including phenoxy) is 1. The average Bonchev–Trinajstić information content (AvgIpc) is 2.28. The smallest absolute Gasteiger partial charge is 0.339 e. The van der Waals surface area contributed by atoms with Crippen LogP contribution in [-0.2, 0) is 9.57 Å². The third-order valence-electron chi connectivity index (χ3n) is 2.05. The molecular formula is C10H10ClNO5. The van der Waals surface area contributed by atoms with Crippen molar-refractivity contribution in [1.82, 2.24) is 0 Å². The molecule has 6 nitrogen and oxygen atoms in total. The lowest BCUT2D eigenvalue weighted by Crippen LogP contribution is -2.07. The maximum atomic E-state index is 11.3. The van der Waals surface area contributed by atoms with E-state index in [1.165, 1.54) is 19.1 Å². The first-order valence-electron chi connectivity index (χ1n) is 4.69. The molecule has 17 heavy (non-hydrogen) atoms. The molecule has 0 bridgehead atoms. The summed E-state index contributed by atoms with van der Waals surface area (Å²) in [7, 11) is 0. The van der Waals surface area contributed by atoms with Gasteiger partial charge in [-0.2, -0.15) is 0 Å². The molecule has 92 valence electrons. The van der Waals surface area contributed by atoms with Crippen LogP contribution in [0.15, 0.2) is 24.3 Å². The number of carbonyl (C=O) groups is 1. The second-order valence-electron chi connectivity index (χ2n) is 3.13. The zero-order valence-electron chi connectivity index (χ0n) is 8.96. The molecule has 0 amide bonds. The van der Waals surface area contributed by atoms with Crippen molar-refractivity contribution in [3.05, 3.63) is 45.5 Å². The van der Waals surface area contributed by atoms with Gasteiger partial charge in [-0.3, -0.25) is 0 Å². The van der Waals surface area contributed by atoms with E-state index in [-0.39, 0.29) is 6.07 Å². The van der Waals surface area contributed by atoms with Crippen LogP contribution >= 0.6 is 11.6 Å². The topological polar surface area (TPSA) is 78.7 Å². The number of alkyl halides is 1. The van der Waals surface area contributed by atoms with Crippen LogP contribution in [0.3, 0.4) is 0 Å². The van der Waals surface area contributed by atoms with Gasteiger partial charge in [-0.1, -0.05) is 23.7 Å². The van der Waals surface area contributed by atoms with Gasteiger partial charge < -0.3 is 9.57 Å². The Morgan fingerprint density at radius 2 is 2.06 bits per heavy atom. The molecular weight excluding hydrogens is 250 g/mol. The van der Waals surface area contributed by atoms with Crippen LogP contribution in [0.2, 0.25) is 0 Å². The van der Waals surface area contributed by atoms with E-state index < -0.39 is 17.2 Å². The molecule has 0 heterocycles. The van der Waals surface area contributed by atoms with E-state index in [2.05, 4.69) is 9.57 Å². The fourth-order valence-corrected chi connectivity index (χ4v) is 1.31. The number of hydrogen-bond acceptors (Lipinski definition) is 5. The number of rotatable bonds is 5. The van der Waals surface area contributed by atoms with Crippen LogP contribution < -0.4 is 0 Å². The highest BCUT2D eigenvalue weighted by molar-refractivity contribution is 6.17. The Hall–Kier alpha value is -1.82. The third-order valence-corrected chi connectivity index (χ3v) is 2.15. The van der Waals surface area contributed by atoms with E-state index >= 15 is 0 Å². The van der Waals surface area contributed by atoms with Gasteiger partial charge in [0.25, 0.3) is 5.09 Å². The second-order valence-corrected chi connectivity index (χ2v) is 3.35. The fourth-order valence-electron chi connectivity index (χ4n) is 1.21. The van der Waals surface area contributed by atoms with Gasteiger partial charge >= 0.3 is 5.97 Å². The number of hydrogen-bond donors (Lipinski definition) is 0. The second kappa shape index (κ2) is 6.05. The first-order chi connectivity index (χ1) is 8.04. The lowest BCUT2D eigenvalue weighted by Gasteiger charge is -2.09. The van der Waals surface area contributed by atoms with E-state index in [4.69, 9.17) is 11.6 Å². The summed E-state index contributed by atoms with van der Waals surface area (Å²) in [6.07, 6.45) is -0.692. The molecule has 0 aromatic heterocycles. The lowest BCUT2D eigenvalue weighted by atomic mass is 10.1. The lowest BCUT2D eigenvalue weighted by molar-refractivity contribution is -0.770. The maximum absolute atomic E-state index is 11.3. The van der Waals surface area contributed by atoms with Crippen molar-refractivity contribution < 1.29 is 19.5 Å². The van der Waals surface area contributed by atoms with Crippen LogP contribution in [0, 0.1) is 10.1 Å². The van der Waals surface area contributed by atoms with Gasteiger partial charge in [-0.05, 0) is 24.6 Å². The zero-order chi connectivity index (χ0) is 12.8. The Morgan fingerprint density at radius 1 is 1.47 bits per heavy atom. The predicted molar refractivity (Wildman–Crippen MR) is 59.1 cm³/mol. The Bertz CT molecular complexity index is 406. The van der Waals surface area contributed by atoms with Gasteiger partial charge in [0.05, 0.1) is 5.56 Å². The van der Waals surface area contributed by atoms with Crippen LogP contribution in [0.4, 0.5) is 0 Å². The van der Waals surface area contributed by atoms with Crippen molar-refractivity contribution in [2.75, 3.05) is 6.07 Å². The average molecular weight is 260 g/mol. The molecule has 0 spiro atoms. The van der Waals surface area contributed by atoms with Crippen LogP contribution in [0.25, 0.3) is 0 Å². The quantitative estimate of drug-likeness (QED) is 0.351. The molecule has 0 fully saturated rings. The van der Waals surface area contributed by atoms with Gasteiger partial charge in [0.1, 0.15) is 6.10 Å². The molecule has 1 aromatic rings. The first kappa shape index (κ1) is 13.2. The Kier molecular flexibility index (Phi) is 4.71. The number of carbonyl (C=O) groups excluding carboxylic acids is 1. The van der Waals surface area contributed by atoms with Crippen LogP contribution in [0.5, 0.6) is 0 Å². The molecule has 0 saturated carbocycles. The minimum atomic E-state index is -0.861. The van der Waals surface area contributed by atoms with Gasteiger partial charge in [0.15, 0.2) is 6.07 Å². The summed E-state index contributed by atoms with van der Waals surface area (Å²) in [6, 6.07) is 5.87. The molecule has 1 rings (SSSR count). The molecule has 1 atom stereocenters. The highest BCUT2D eigenvalue weighted by Crippen LogP contribution is 2.17. The van der Waals surface area contributed by atoms with Crippen molar-refractivity contribution in [2.45, 2.75) is 13.0 Å². The summed E-state index contributed by atoms with van der Waals surface area (Å²) in [5.41, 5.74) is 0.909. The third kappa shape index (κ3) is 3.92. The van der Waals surface area contributed by atoms with Crippen molar-refractivity contribution >= 4 is 17.6 Å². The predicted octanol–water partition coefficient (Wildman–Crippen LogP) is 2.31. The molecule has 0 aliphatic carbocycles. The monoisotopic (exact) mass is 259 g/mol. The normalized spacial score (nSPS) is 11.6. The summed E-state index contributed by atoms with van der Waals surface area (Å²) in [5.74, 6) is -0.547. The summed E-state index contributed by atoms with van der Waals surface area (Å²) in [5, 5.41) is 9.28. The number of halogens is 1. The van der Waals surface area contributed by atoms with Gasteiger partial charge in [-0.25, -0.2) is 4.79 Å². The number of benzene rings is 1. The highest BCUT2D eigenvalue weighted by atomic mass is 35.5. The molecule has 0 N–H and O–H groups in total. The van der Waals surface area contributed by atoms with Crippen molar-refractivity contribution in [1.29, 1.82) is 0 Å². The summed E-state index contributed by atoms with van der Waals surface area (Å²) in [4.78, 5) is 25.8. The van der Waals surface area contributed by atoms with Crippen LogP contribution in [0.1, 0.15) is 28.9 Å². The molecule has 7 heteroatoms. The van der Waals surface area contributed by atoms with E-state index in [0.29, 0.717) is 11.1 Å².